The molecule has 1 atom stereocenters. The van der Waals surface area contributed by atoms with Gasteiger partial charge in [0.1, 0.15) is 22.0 Å². The fourth-order valence-corrected chi connectivity index (χ4v) is 7.09. The molecule has 3 rings (SSSR count). The predicted octanol–water partition coefficient (Wildman–Crippen LogP) is 2.67. The van der Waals surface area contributed by atoms with E-state index in [9.17, 15) is 9.59 Å². The number of carboxylic acids is 1. The Morgan fingerprint density at radius 3 is 1.57 bits per heavy atom. The number of benzene rings is 3. The summed E-state index contributed by atoms with van der Waals surface area (Å²) in [5.41, 5.74) is 5.89. The Hall–Kier alpha value is -3.01. The summed E-state index contributed by atoms with van der Waals surface area (Å²) in [6, 6.07) is 29.2. The smallest absolute Gasteiger partial charge is 0.325 e. The van der Waals surface area contributed by atoms with Gasteiger partial charge in [-0.2, -0.15) is 0 Å². The van der Waals surface area contributed by atoms with Crippen molar-refractivity contribution in [2.75, 3.05) is 6.35 Å². The molecule has 6 heteroatoms. The lowest BCUT2D eigenvalue weighted by molar-refractivity contribution is -0.143. The van der Waals surface area contributed by atoms with Crippen LogP contribution in [0.15, 0.2) is 91.0 Å². The highest BCUT2D eigenvalue weighted by Crippen LogP contribution is 2.55. The zero-order valence-corrected chi connectivity index (χ0v) is 17.4. The van der Waals surface area contributed by atoms with Gasteiger partial charge in [-0.05, 0) is 42.8 Å². The second-order valence-corrected chi connectivity index (χ2v) is 10.4. The van der Waals surface area contributed by atoms with Crippen LogP contribution in [0.4, 0.5) is 0 Å². The molecule has 30 heavy (non-hydrogen) atoms. The normalized spacial score (nSPS) is 12.2. The van der Waals surface area contributed by atoms with Crippen LogP contribution in [0.25, 0.3) is 0 Å². The molecule has 3 aromatic rings. The summed E-state index contributed by atoms with van der Waals surface area (Å²) in [7, 11) is -2.30. The maximum atomic E-state index is 12.6. The minimum atomic E-state index is -2.30. The summed E-state index contributed by atoms with van der Waals surface area (Å²) < 4.78 is 5.76. The molecule has 0 aliphatic carbocycles. The molecule has 0 aliphatic heterocycles. The molecule has 0 amide bonds. The lowest BCUT2D eigenvalue weighted by atomic mass is 10.2. The number of aliphatic carboxylic acids is 1. The van der Waals surface area contributed by atoms with Gasteiger partial charge in [-0.1, -0.05) is 54.6 Å². The van der Waals surface area contributed by atoms with Gasteiger partial charge in [0.25, 0.3) is 0 Å². The SMILES string of the molecule is NC(CCC(=O)O)C(=O)OC[P+](c1ccccc1)(c1ccccc1)c1ccccc1. The molecule has 1 unspecified atom stereocenters. The molecule has 0 fully saturated rings. The Morgan fingerprint density at radius 1 is 0.800 bits per heavy atom. The number of rotatable bonds is 9. The minimum Gasteiger partial charge on any atom is -0.481 e. The zero-order chi connectivity index (χ0) is 21.4. The lowest BCUT2D eigenvalue weighted by Crippen LogP contribution is -2.38. The first-order chi connectivity index (χ1) is 14.5. The third-order valence-corrected chi connectivity index (χ3v) is 9.02. The van der Waals surface area contributed by atoms with Gasteiger partial charge in [-0.15, -0.1) is 0 Å². The van der Waals surface area contributed by atoms with E-state index in [0.29, 0.717) is 0 Å². The first kappa shape index (κ1) is 21.7. The van der Waals surface area contributed by atoms with Gasteiger partial charge in [0, 0.05) is 6.42 Å². The highest BCUT2D eigenvalue weighted by atomic mass is 31.2. The number of ether oxygens (including phenoxy) is 1. The number of carboxylic acid groups (broad SMARTS) is 1. The second kappa shape index (κ2) is 10.1. The molecule has 0 radical (unpaired) electrons. The molecule has 0 bridgehead atoms. The number of nitrogens with two attached hydrogens (primary N) is 1. The third-order valence-electron chi connectivity index (χ3n) is 4.96. The van der Waals surface area contributed by atoms with Gasteiger partial charge in [0.15, 0.2) is 7.26 Å². The van der Waals surface area contributed by atoms with Crippen molar-refractivity contribution in [2.45, 2.75) is 18.9 Å². The Balaban J connectivity index is 2.01. The predicted molar refractivity (Wildman–Crippen MR) is 121 cm³/mol. The van der Waals surface area contributed by atoms with Gasteiger partial charge in [-0.3, -0.25) is 9.59 Å². The average Bonchev–Trinajstić information content (AvgIpc) is 2.80. The van der Waals surface area contributed by atoms with Crippen molar-refractivity contribution < 1.29 is 19.4 Å². The second-order valence-electron chi connectivity index (χ2n) is 6.95. The number of hydrogen-bond acceptors (Lipinski definition) is 4. The van der Waals surface area contributed by atoms with Crippen LogP contribution in [0, 0.1) is 0 Å². The highest BCUT2D eigenvalue weighted by molar-refractivity contribution is 7.95. The van der Waals surface area contributed by atoms with Crippen molar-refractivity contribution in [2.24, 2.45) is 5.73 Å². The van der Waals surface area contributed by atoms with Crippen LogP contribution in [0.2, 0.25) is 0 Å². The summed E-state index contributed by atoms with van der Waals surface area (Å²) in [5, 5.41) is 12.1. The Kier molecular flexibility index (Phi) is 7.34. The standard InChI is InChI=1S/C24H24NO4P/c25-22(16-17-23(26)27)24(28)29-18-30(19-10-4-1-5-11-19,20-12-6-2-7-13-20)21-14-8-3-9-15-21/h1-15,22H,16-18,25H2/p+1. The topological polar surface area (TPSA) is 89.6 Å². The van der Waals surface area contributed by atoms with Gasteiger partial charge < -0.3 is 15.6 Å². The van der Waals surface area contributed by atoms with Crippen molar-refractivity contribution >= 4 is 35.1 Å². The van der Waals surface area contributed by atoms with E-state index in [0.717, 1.165) is 15.9 Å². The quantitative estimate of drug-likeness (QED) is 0.409. The molecule has 0 saturated heterocycles. The Morgan fingerprint density at radius 2 is 1.20 bits per heavy atom. The summed E-state index contributed by atoms with van der Waals surface area (Å²) in [5.74, 6) is -1.57. The van der Waals surface area contributed by atoms with Crippen molar-refractivity contribution in [1.29, 1.82) is 0 Å². The fourth-order valence-electron chi connectivity index (χ4n) is 3.38. The molecule has 3 N–H and O–H groups in total. The number of carbonyl (C=O) groups is 2. The molecule has 5 nitrogen and oxygen atoms in total. The maximum Gasteiger partial charge on any atom is 0.325 e. The van der Waals surface area contributed by atoms with Crippen LogP contribution in [-0.2, 0) is 14.3 Å². The monoisotopic (exact) mass is 422 g/mol. The number of hydrogen-bond donors (Lipinski definition) is 2. The summed E-state index contributed by atoms with van der Waals surface area (Å²) in [6.45, 7) is 0. The van der Waals surface area contributed by atoms with E-state index < -0.39 is 25.2 Å². The first-order valence-corrected chi connectivity index (χ1v) is 11.7. The van der Waals surface area contributed by atoms with E-state index in [4.69, 9.17) is 15.6 Å². The van der Waals surface area contributed by atoms with E-state index in [1.54, 1.807) is 0 Å². The molecule has 0 saturated carbocycles. The van der Waals surface area contributed by atoms with E-state index >= 15 is 0 Å². The van der Waals surface area contributed by atoms with Crippen LogP contribution in [0.3, 0.4) is 0 Å². The van der Waals surface area contributed by atoms with E-state index in [1.165, 1.54) is 0 Å². The summed E-state index contributed by atoms with van der Waals surface area (Å²) in [6.07, 6.45) is 0.0267. The van der Waals surface area contributed by atoms with Crippen molar-refractivity contribution in [3.63, 3.8) is 0 Å². The van der Waals surface area contributed by atoms with Gasteiger partial charge >= 0.3 is 11.9 Å². The summed E-state index contributed by atoms with van der Waals surface area (Å²) >= 11 is 0. The molecular formula is C24H25NO4P+. The summed E-state index contributed by atoms with van der Waals surface area (Å²) in [4.78, 5) is 23.4. The third kappa shape index (κ3) is 4.93. The molecule has 154 valence electrons. The van der Waals surface area contributed by atoms with Crippen molar-refractivity contribution in [3.8, 4) is 0 Å². The average molecular weight is 422 g/mol. The van der Waals surface area contributed by atoms with E-state index in [-0.39, 0.29) is 19.2 Å². The lowest BCUT2D eigenvalue weighted by Gasteiger charge is -2.27. The largest absolute Gasteiger partial charge is 0.481 e. The zero-order valence-electron chi connectivity index (χ0n) is 16.6. The highest BCUT2D eigenvalue weighted by Gasteiger charge is 2.47. The maximum absolute atomic E-state index is 12.6. The fraction of sp³-hybridized carbons (Fsp3) is 0.167. The number of esters is 1. The van der Waals surface area contributed by atoms with Crippen LogP contribution in [0.5, 0.6) is 0 Å². The number of carbonyl (C=O) groups excluding carboxylic acids is 1. The van der Waals surface area contributed by atoms with Crippen LogP contribution >= 0.6 is 7.26 Å². The molecule has 0 heterocycles. The minimum absolute atomic E-state index is 0.0433. The van der Waals surface area contributed by atoms with Crippen molar-refractivity contribution in [1.82, 2.24) is 0 Å². The van der Waals surface area contributed by atoms with E-state index in [1.807, 2.05) is 54.6 Å². The first-order valence-electron chi connectivity index (χ1n) is 9.73. The van der Waals surface area contributed by atoms with Gasteiger partial charge in [0.05, 0.1) is 0 Å². The van der Waals surface area contributed by atoms with Gasteiger partial charge in [0.2, 0.25) is 6.35 Å². The van der Waals surface area contributed by atoms with E-state index in [2.05, 4.69) is 36.4 Å². The molecular weight excluding hydrogens is 397 g/mol. The van der Waals surface area contributed by atoms with Crippen molar-refractivity contribution in [3.05, 3.63) is 91.0 Å². The Labute approximate surface area is 176 Å². The molecule has 0 spiro atoms. The Bertz CT molecular complexity index is 868. The molecule has 0 aromatic heterocycles. The van der Waals surface area contributed by atoms with Gasteiger partial charge in [-0.25, -0.2) is 0 Å². The molecule has 3 aromatic carbocycles. The van der Waals surface area contributed by atoms with Crippen LogP contribution in [0.1, 0.15) is 12.8 Å². The van der Waals surface area contributed by atoms with Crippen LogP contribution in [-0.4, -0.2) is 29.4 Å². The molecule has 0 aliphatic rings. The van der Waals surface area contributed by atoms with Crippen LogP contribution < -0.4 is 21.6 Å².